The molecule has 5 heteroatoms. The third-order valence-electron chi connectivity index (χ3n) is 4.34. The molecule has 24 heavy (non-hydrogen) atoms. The smallest absolute Gasteiger partial charge is 0.256 e. The van der Waals surface area contributed by atoms with Crippen LogP contribution in [0.3, 0.4) is 0 Å². The second-order valence-electron chi connectivity index (χ2n) is 5.96. The second kappa shape index (κ2) is 7.74. The first-order chi connectivity index (χ1) is 11.6. The van der Waals surface area contributed by atoms with Gasteiger partial charge in [-0.3, -0.25) is 4.79 Å². The Morgan fingerprint density at radius 1 is 1.12 bits per heavy atom. The van der Waals surface area contributed by atoms with Gasteiger partial charge >= 0.3 is 0 Å². The van der Waals surface area contributed by atoms with Gasteiger partial charge in [0.2, 0.25) is 0 Å². The average molecular weight is 456 g/mol. The number of benzene rings is 2. The minimum absolute atomic E-state index is 0.150. The maximum absolute atomic E-state index is 12.6. The number of amides is 1. The predicted octanol–water partition coefficient (Wildman–Crippen LogP) is 5.47. The first-order valence-electron chi connectivity index (χ1n) is 8.04. The van der Waals surface area contributed by atoms with E-state index in [-0.39, 0.29) is 5.91 Å². The fraction of sp³-hybridized carbons (Fsp3) is 0.316. The Morgan fingerprint density at radius 3 is 2.50 bits per heavy atom. The summed E-state index contributed by atoms with van der Waals surface area (Å²) in [7, 11) is 1.64. The van der Waals surface area contributed by atoms with E-state index < -0.39 is 0 Å². The fourth-order valence-electron chi connectivity index (χ4n) is 3.07. The normalized spacial score (nSPS) is 13.8. The molecule has 0 saturated heterocycles. The molecule has 0 aliphatic heterocycles. The molecule has 0 heterocycles. The van der Waals surface area contributed by atoms with Gasteiger partial charge in [0.1, 0.15) is 5.75 Å². The molecule has 2 aromatic rings. The molecule has 0 radical (unpaired) electrons. The molecule has 0 unspecified atom stereocenters. The lowest BCUT2D eigenvalue weighted by molar-refractivity contribution is 0.102. The van der Waals surface area contributed by atoms with Gasteiger partial charge in [0, 0.05) is 8.59 Å². The lowest BCUT2D eigenvalue weighted by Crippen LogP contribution is -2.14. The summed E-state index contributed by atoms with van der Waals surface area (Å²) in [6.45, 7) is 0. The number of carbonyl (C=O) groups is 1. The zero-order chi connectivity index (χ0) is 17.1. The summed E-state index contributed by atoms with van der Waals surface area (Å²) in [6, 6.07) is 9.40. The summed E-state index contributed by atoms with van der Waals surface area (Å²) >= 11 is 8.09. The highest BCUT2D eigenvalue weighted by Gasteiger charge is 2.17. The number of methoxy groups -OCH3 is 1. The number of hydrogen-bond donors (Lipinski definition) is 1. The lowest BCUT2D eigenvalue weighted by atomic mass is 10.0. The molecule has 0 atom stereocenters. The number of ether oxygens (including phenoxy) is 1. The van der Waals surface area contributed by atoms with Gasteiger partial charge in [-0.2, -0.15) is 0 Å². The molecule has 1 amide bonds. The Hall–Kier alpha value is -1.27. The first-order valence-corrected chi connectivity index (χ1v) is 9.50. The summed E-state index contributed by atoms with van der Waals surface area (Å²) in [5.74, 6) is 0.566. The van der Waals surface area contributed by atoms with Crippen molar-refractivity contribution in [2.24, 2.45) is 0 Å². The molecule has 2 aromatic carbocycles. The highest BCUT2D eigenvalue weighted by Crippen LogP contribution is 2.32. The number of carbonyl (C=O) groups excluding carboxylic acids is 1. The van der Waals surface area contributed by atoms with Crippen LogP contribution in [0, 0.1) is 3.57 Å². The summed E-state index contributed by atoms with van der Waals surface area (Å²) in [5, 5.41) is 3.62. The van der Waals surface area contributed by atoms with E-state index in [1.54, 1.807) is 25.3 Å². The SMILES string of the molecule is COc1cc2c(cc1NC(=O)c1ccc(Cl)cc1I)CCCCC2. The van der Waals surface area contributed by atoms with Crippen LogP contribution in [0.5, 0.6) is 5.75 Å². The Morgan fingerprint density at radius 2 is 1.83 bits per heavy atom. The van der Waals surface area contributed by atoms with E-state index in [2.05, 4.69) is 40.0 Å². The van der Waals surface area contributed by atoms with E-state index in [1.165, 1.54) is 30.4 Å². The predicted molar refractivity (Wildman–Crippen MR) is 106 cm³/mol. The quantitative estimate of drug-likeness (QED) is 0.492. The van der Waals surface area contributed by atoms with E-state index in [0.717, 1.165) is 22.1 Å². The van der Waals surface area contributed by atoms with E-state index in [1.807, 2.05) is 0 Å². The number of nitrogens with one attached hydrogen (secondary N) is 1. The number of hydrogen-bond acceptors (Lipinski definition) is 2. The molecular weight excluding hydrogens is 437 g/mol. The molecule has 3 nitrogen and oxygen atoms in total. The standard InChI is InChI=1S/C19H19ClINO2/c1-24-18-10-13-6-4-2-3-5-12(13)9-17(18)22-19(23)15-8-7-14(20)11-16(15)21/h7-11H,2-6H2,1H3,(H,22,23). The van der Waals surface area contributed by atoms with Crippen molar-refractivity contribution in [1.82, 2.24) is 0 Å². The average Bonchev–Trinajstić information content (AvgIpc) is 2.78. The monoisotopic (exact) mass is 455 g/mol. The Balaban J connectivity index is 1.91. The topological polar surface area (TPSA) is 38.3 Å². The first kappa shape index (κ1) is 17.5. The Bertz CT molecular complexity index is 776. The molecule has 0 saturated carbocycles. The van der Waals surface area contributed by atoms with Gasteiger partial charge in [0.05, 0.1) is 18.4 Å². The van der Waals surface area contributed by atoms with Crippen LogP contribution in [0.4, 0.5) is 5.69 Å². The van der Waals surface area contributed by atoms with Gasteiger partial charge < -0.3 is 10.1 Å². The van der Waals surface area contributed by atoms with Crippen LogP contribution in [-0.2, 0) is 12.8 Å². The summed E-state index contributed by atoms with van der Waals surface area (Å²) in [6.07, 6.45) is 5.80. The van der Waals surface area contributed by atoms with E-state index in [4.69, 9.17) is 16.3 Å². The van der Waals surface area contributed by atoms with Crippen molar-refractivity contribution < 1.29 is 9.53 Å². The van der Waals surface area contributed by atoms with Crippen molar-refractivity contribution >= 4 is 45.8 Å². The van der Waals surface area contributed by atoms with Crippen LogP contribution >= 0.6 is 34.2 Å². The van der Waals surface area contributed by atoms with E-state index >= 15 is 0 Å². The minimum Gasteiger partial charge on any atom is -0.495 e. The van der Waals surface area contributed by atoms with Crippen LogP contribution in [0.25, 0.3) is 0 Å². The molecule has 3 rings (SSSR count). The van der Waals surface area contributed by atoms with E-state index in [0.29, 0.717) is 16.3 Å². The lowest BCUT2D eigenvalue weighted by Gasteiger charge is -2.15. The van der Waals surface area contributed by atoms with Gasteiger partial charge in [0.25, 0.3) is 5.91 Å². The van der Waals surface area contributed by atoms with Gasteiger partial charge in [0.15, 0.2) is 0 Å². The van der Waals surface area contributed by atoms with Crippen molar-refractivity contribution in [2.75, 3.05) is 12.4 Å². The number of rotatable bonds is 3. The molecule has 0 bridgehead atoms. The third-order valence-corrected chi connectivity index (χ3v) is 5.47. The number of fused-ring (bicyclic) bond motifs is 1. The molecule has 1 aliphatic rings. The molecule has 1 N–H and O–H groups in total. The maximum Gasteiger partial charge on any atom is 0.256 e. The Kier molecular flexibility index (Phi) is 5.66. The van der Waals surface area contributed by atoms with Gasteiger partial charge in [-0.15, -0.1) is 0 Å². The van der Waals surface area contributed by atoms with Crippen molar-refractivity contribution in [2.45, 2.75) is 32.1 Å². The van der Waals surface area contributed by atoms with Crippen molar-refractivity contribution in [1.29, 1.82) is 0 Å². The van der Waals surface area contributed by atoms with Crippen LogP contribution in [0.15, 0.2) is 30.3 Å². The van der Waals surface area contributed by atoms with E-state index in [9.17, 15) is 4.79 Å². The third kappa shape index (κ3) is 3.86. The van der Waals surface area contributed by atoms with Gasteiger partial charge in [-0.05, 0) is 89.7 Å². The molecular formula is C19H19ClINO2. The molecule has 0 fully saturated rings. The molecule has 0 aromatic heterocycles. The van der Waals surface area contributed by atoms with Crippen LogP contribution in [0.1, 0.15) is 40.7 Å². The second-order valence-corrected chi connectivity index (χ2v) is 7.56. The van der Waals surface area contributed by atoms with Crippen LogP contribution < -0.4 is 10.1 Å². The minimum atomic E-state index is -0.150. The summed E-state index contributed by atoms with van der Waals surface area (Å²) < 4.78 is 6.33. The maximum atomic E-state index is 12.6. The van der Waals surface area contributed by atoms with Crippen LogP contribution in [-0.4, -0.2) is 13.0 Å². The van der Waals surface area contributed by atoms with Gasteiger partial charge in [-0.25, -0.2) is 0 Å². The van der Waals surface area contributed by atoms with Gasteiger partial charge in [-0.1, -0.05) is 18.0 Å². The molecule has 126 valence electrons. The largest absolute Gasteiger partial charge is 0.495 e. The van der Waals surface area contributed by atoms with Crippen molar-refractivity contribution in [3.8, 4) is 5.75 Å². The number of anilines is 1. The summed E-state index contributed by atoms with van der Waals surface area (Å²) in [5.41, 5.74) is 3.99. The van der Waals surface area contributed by atoms with Crippen LogP contribution in [0.2, 0.25) is 5.02 Å². The van der Waals surface area contributed by atoms with Crippen molar-refractivity contribution in [3.05, 3.63) is 55.6 Å². The molecule has 1 aliphatic carbocycles. The fourth-order valence-corrected chi connectivity index (χ4v) is 4.19. The summed E-state index contributed by atoms with van der Waals surface area (Å²) in [4.78, 5) is 12.6. The highest BCUT2D eigenvalue weighted by molar-refractivity contribution is 14.1. The van der Waals surface area contributed by atoms with Crippen molar-refractivity contribution in [3.63, 3.8) is 0 Å². The number of halogens is 2. The highest BCUT2D eigenvalue weighted by atomic mass is 127. The zero-order valence-electron chi connectivity index (χ0n) is 13.5. The molecule has 0 spiro atoms. The Labute approximate surface area is 160 Å². The zero-order valence-corrected chi connectivity index (χ0v) is 16.4. The number of aryl methyl sites for hydroxylation is 2.